The molecule has 0 spiro atoms. The summed E-state index contributed by atoms with van der Waals surface area (Å²) in [7, 11) is 1.32. The van der Waals surface area contributed by atoms with Crippen molar-refractivity contribution in [1.82, 2.24) is 4.98 Å². The predicted octanol–water partition coefficient (Wildman–Crippen LogP) is 6.25. The van der Waals surface area contributed by atoms with Gasteiger partial charge in [-0.1, -0.05) is 41.4 Å². The number of nitrogens with zero attached hydrogens (tertiary/aromatic N) is 1. The highest BCUT2D eigenvalue weighted by Gasteiger charge is 2.16. The Morgan fingerprint density at radius 2 is 1.68 bits per heavy atom. The largest absolute Gasteiger partial charge is 0.465 e. The van der Waals surface area contributed by atoms with E-state index in [9.17, 15) is 9.59 Å². The first-order valence-corrected chi connectivity index (χ1v) is 10.1. The summed E-state index contributed by atoms with van der Waals surface area (Å²) in [5, 5.41) is 4.53. The maximum Gasteiger partial charge on any atom is 0.337 e. The molecule has 1 heterocycles. The zero-order chi connectivity index (χ0) is 22.0. The summed E-state index contributed by atoms with van der Waals surface area (Å²) in [6.45, 7) is 0. The van der Waals surface area contributed by atoms with Crippen molar-refractivity contribution in [2.45, 2.75) is 0 Å². The lowest BCUT2D eigenvalue weighted by Gasteiger charge is -2.12. The smallest absolute Gasteiger partial charge is 0.337 e. The third kappa shape index (κ3) is 4.38. The van der Waals surface area contributed by atoms with E-state index in [1.807, 2.05) is 24.3 Å². The molecule has 5 nitrogen and oxygen atoms in total. The third-order valence-electron chi connectivity index (χ3n) is 4.73. The number of carbonyl (C=O) groups excluding carboxylic acids is 2. The van der Waals surface area contributed by atoms with Crippen LogP contribution >= 0.6 is 23.2 Å². The Hall–Kier alpha value is -3.41. The van der Waals surface area contributed by atoms with Crippen LogP contribution in [-0.2, 0) is 4.74 Å². The normalized spacial score (nSPS) is 10.7. The number of nitrogens with one attached hydrogen (secondary N) is 1. The predicted molar refractivity (Wildman–Crippen MR) is 123 cm³/mol. The van der Waals surface area contributed by atoms with Gasteiger partial charge in [-0.15, -0.1) is 0 Å². The number of benzene rings is 3. The number of para-hydroxylation sites is 1. The van der Waals surface area contributed by atoms with Gasteiger partial charge in [0.2, 0.25) is 0 Å². The zero-order valence-electron chi connectivity index (χ0n) is 16.4. The second kappa shape index (κ2) is 8.76. The molecule has 4 rings (SSSR count). The van der Waals surface area contributed by atoms with Gasteiger partial charge in [0.1, 0.15) is 0 Å². The number of hydrogen-bond acceptors (Lipinski definition) is 4. The average Bonchev–Trinajstić information content (AvgIpc) is 2.78. The number of rotatable bonds is 4. The van der Waals surface area contributed by atoms with E-state index in [0.717, 1.165) is 0 Å². The second-order valence-corrected chi connectivity index (χ2v) is 7.56. The number of pyridine rings is 1. The highest BCUT2D eigenvalue weighted by atomic mass is 35.5. The first-order valence-electron chi connectivity index (χ1n) is 9.31. The lowest BCUT2D eigenvalue weighted by atomic mass is 10.0. The van der Waals surface area contributed by atoms with Crippen molar-refractivity contribution in [1.29, 1.82) is 0 Å². The molecule has 0 bridgehead atoms. The van der Waals surface area contributed by atoms with E-state index in [1.165, 1.54) is 7.11 Å². The Morgan fingerprint density at radius 1 is 0.935 bits per heavy atom. The van der Waals surface area contributed by atoms with Gasteiger partial charge in [-0.25, -0.2) is 9.78 Å². The number of hydrogen-bond donors (Lipinski definition) is 1. The van der Waals surface area contributed by atoms with Gasteiger partial charge in [-0.2, -0.15) is 0 Å². The Balaban J connectivity index is 1.73. The third-order valence-corrected chi connectivity index (χ3v) is 5.28. The number of aromatic nitrogens is 1. The summed E-state index contributed by atoms with van der Waals surface area (Å²) in [6.07, 6.45) is 0. The van der Waals surface area contributed by atoms with Gasteiger partial charge >= 0.3 is 5.97 Å². The molecule has 0 fully saturated rings. The minimum atomic E-state index is -0.442. The van der Waals surface area contributed by atoms with Crippen LogP contribution in [0.5, 0.6) is 0 Å². The molecule has 0 unspecified atom stereocenters. The molecule has 0 saturated carbocycles. The highest BCUT2D eigenvalue weighted by Crippen LogP contribution is 2.32. The van der Waals surface area contributed by atoms with E-state index in [0.29, 0.717) is 49.0 Å². The van der Waals surface area contributed by atoms with E-state index in [4.69, 9.17) is 27.9 Å². The molecule has 1 aromatic heterocycles. The highest BCUT2D eigenvalue weighted by molar-refractivity contribution is 6.36. The van der Waals surface area contributed by atoms with Crippen LogP contribution in [0.15, 0.2) is 72.8 Å². The molecule has 4 aromatic rings. The van der Waals surface area contributed by atoms with Crippen LogP contribution in [0.3, 0.4) is 0 Å². The van der Waals surface area contributed by atoms with E-state index >= 15 is 0 Å². The lowest BCUT2D eigenvalue weighted by molar-refractivity contribution is 0.0600. The van der Waals surface area contributed by atoms with Crippen molar-refractivity contribution in [2.75, 3.05) is 12.4 Å². The lowest BCUT2D eigenvalue weighted by Crippen LogP contribution is -2.13. The van der Waals surface area contributed by atoms with Gasteiger partial charge in [0.05, 0.1) is 34.5 Å². The van der Waals surface area contributed by atoms with Crippen LogP contribution < -0.4 is 5.32 Å². The van der Waals surface area contributed by atoms with Gasteiger partial charge in [0.15, 0.2) is 0 Å². The van der Waals surface area contributed by atoms with Crippen molar-refractivity contribution >= 4 is 51.7 Å². The molecule has 3 aromatic carbocycles. The van der Waals surface area contributed by atoms with Crippen molar-refractivity contribution in [2.24, 2.45) is 0 Å². The van der Waals surface area contributed by atoms with E-state index in [1.54, 1.807) is 48.5 Å². The molecular formula is C24H16Cl2N2O3. The number of methoxy groups -OCH3 is 1. The molecular weight excluding hydrogens is 435 g/mol. The number of anilines is 1. The molecule has 0 saturated heterocycles. The van der Waals surface area contributed by atoms with Crippen LogP contribution in [-0.4, -0.2) is 24.0 Å². The van der Waals surface area contributed by atoms with Crippen LogP contribution in [0.1, 0.15) is 20.7 Å². The van der Waals surface area contributed by atoms with Gasteiger partial charge in [-0.05, 0) is 54.6 Å². The first-order chi connectivity index (χ1) is 15.0. The number of carbonyl (C=O) groups is 2. The van der Waals surface area contributed by atoms with Gasteiger partial charge in [0.25, 0.3) is 5.91 Å². The van der Waals surface area contributed by atoms with E-state index in [2.05, 4.69) is 10.3 Å². The molecule has 0 aliphatic rings. The van der Waals surface area contributed by atoms with Gasteiger partial charge in [0, 0.05) is 21.7 Å². The Bertz CT molecular complexity index is 1300. The van der Waals surface area contributed by atoms with Crippen LogP contribution in [0.2, 0.25) is 10.0 Å². The number of ether oxygens (including phenoxy) is 1. The number of halogens is 2. The molecule has 0 aliphatic carbocycles. The standard InChI is InChI=1S/C24H16Cl2N2O3/c1-31-24(30)14-6-9-16(10-7-14)27-23(29)19-13-22(18-11-8-15(25)12-20(18)26)28-21-5-3-2-4-17(19)21/h2-13H,1H3,(H,27,29). The summed E-state index contributed by atoms with van der Waals surface area (Å²) < 4.78 is 4.69. The molecule has 1 amide bonds. The number of amides is 1. The fraction of sp³-hybridized carbons (Fsp3) is 0.0417. The molecule has 1 N–H and O–H groups in total. The summed E-state index contributed by atoms with van der Waals surface area (Å²) in [5.74, 6) is -0.752. The summed E-state index contributed by atoms with van der Waals surface area (Å²) >= 11 is 12.4. The monoisotopic (exact) mass is 450 g/mol. The van der Waals surface area contributed by atoms with Crippen molar-refractivity contribution < 1.29 is 14.3 Å². The SMILES string of the molecule is COC(=O)c1ccc(NC(=O)c2cc(-c3ccc(Cl)cc3Cl)nc3ccccc23)cc1. The average molecular weight is 451 g/mol. The van der Waals surface area contributed by atoms with Crippen molar-refractivity contribution in [3.63, 3.8) is 0 Å². The van der Waals surface area contributed by atoms with Crippen molar-refractivity contribution in [3.05, 3.63) is 94.0 Å². The summed E-state index contributed by atoms with van der Waals surface area (Å²) in [5.41, 5.74) is 3.29. The molecule has 0 aliphatic heterocycles. The summed E-state index contributed by atoms with van der Waals surface area (Å²) in [6, 6.07) is 20.7. The van der Waals surface area contributed by atoms with E-state index in [-0.39, 0.29) is 5.91 Å². The van der Waals surface area contributed by atoms with Gasteiger partial charge < -0.3 is 10.1 Å². The molecule has 31 heavy (non-hydrogen) atoms. The van der Waals surface area contributed by atoms with Gasteiger partial charge in [-0.3, -0.25) is 4.79 Å². The fourth-order valence-electron chi connectivity index (χ4n) is 3.20. The fourth-order valence-corrected chi connectivity index (χ4v) is 3.71. The Labute approximate surface area is 188 Å². The molecule has 7 heteroatoms. The second-order valence-electron chi connectivity index (χ2n) is 6.72. The number of fused-ring (bicyclic) bond motifs is 1. The molecule has 0 atom stereocenters. The van der Waals surface area contributed by atoms with Crippen LogP contribution in [0, 0.1) is 0 Å². The minimum Gasteiger partial charge on any atom is -0.465 e. The van der Waals surface area contributed by atoms with Crippen LogP contribution in [0.25, 0.3) is 22.2 Å². The molecule has 0 radical (unpaired) electrons. The van der Waals surface area contributed by atoms with Crippen LogP contribution in [0.4, 0.5) is 5.69 Å². The maximum absolute atomic E-state index is 13.1. The first kappa shape index (κ1) is 20.8. The summed E-state index contributed by atoms with van der Waals surface area (Å²) in [4.78, 5) is 29.4. The Morgan fingerprint density at radius 3 is 2.39 bits per heavy atom. The maximum atomic E-state index is 13.1. The molecule has 154 valence electrons. The Kier molecular flexibility index (Phi) is 5.89. The quantitative estimate of drug-likeness (QED) is 0.373. The van der Waals surface area contributed by atoms with E-state index < -0.39 is 5.97 Å². The minimum absolute atomic E-state index is 0.309. The topological polar surface area (TPSA) is 68.3 Å². The number of esters is 1. The zero-order valence-corrected chi connectivity index (χ0v) is 17.9. The van der Waals surface area contributed by atoms with Crippen molar-refractivity contribution in [3.8, 4) is 11.3 Å².